The number of aromatic nitrogens is 7. The maximum atomic E-state index is 12.8. The quantitative estimate of drug-likeness (QED) is 0.380. The molecule has 0 saturated heterocycles. The highest BCUT2D eigenvalue weighted by molar-refractivity contribution is 5.92. The summed E-state index contributed by atoms with van der Waals surface area (Å²) >= 11 is 0. The number of carbonyl (C=O) groups is 1. The first-order valence-corrected chi connectivity index (χ1v) is 12.1. The van der Waals surface area contributed by atoms with Crippen LogP contribution in [0.1, 0.15) is 67.5 Å². The van der Waals surface area contributed by atoms with Crippen molar-refractivity contribution in [1.82, 2.24) is 35.4 Å². The van der Waals surface area contributed by atoms with Gasteiger partial charge in [-0.15, -0.1) is 15.3 Å². The van der Waals surface area contributed by atoms with Crippen LogP contribution >= 0.6 is 0 Å². The van der Waals surface area contributed by atoms with E-state index in [4.69, 9.17) is 0 Å². The minimum Gasteiger partial charge on any atom is -0.291 e. The summed E-state index contributed by atoms with van der Waals surface area (Å²) in [6.45, 7) is 2.63. The Bertz CT molecular complexity index is 1240. The molecule has 5 rings (SSSR count). The van der Waals surface area contributed by atoms with Gasteiger partial charge in [-0.2, -0.15) is 5.21 Å². The fraction of sp³-hybridized carbons (Fsp3) is 0.385. The fourth-order valence-corrected chi connectivity index (χ4v) is 4.79. The number of tetrazole rings is 1. The van der Waals surface area contributed by atoms with Gasteiger partial charge in [0.25, 0.3) is 0 Å². The second-order valence-electron chi connectivity index (χ2n) is 8.97. The first kappa shape index (κ1) is 22.1. The Balaban J connectivity index is 1.32. The maximum Gasteiger partial charge on any atom is 0.217 e. The number of nitrogens with one attached hydrogen (secondary N) is 1. The van der Waals surface area contributed by atoms with E-state index in [1.807, 2.05) is 29.8 Å². The molecule has 4 aromatic rings. The number of aromatic amines is 1. The SMILES string of the molecule is CCc1nc(C(=O)CC2CCCCC2)nn1Cc1ccc(-c2ccccc2-c2nn[nH]n2)cc1. The third-order valence-electron chi connectivity index (χ3n) is 6.62. The zero-order chi connectivity index (χ0) is 23.3. The molecule has 2 aromatic heterocycles. The molecule has 34 heavy (non-hydrogen) atoms. The number of ketones is 1. The molecule has 0 radical (unpaired) electrons. The Morgan fingerprint density at radius 1 is 1.03 bits per heavy atom. The number of benzene rings is 2. The standard InChI is InChI=1S/C26H29N7O/c1-2-24-27-26(23(34)16-18-8-4-3-5-9-18)30-33(24)17-19-12-14-20(15-13-19)21-10-6-7-11-22(21)25-28-31-32-29-25/h6-7,10-15,18H,2-5,8-9,16-17H2,1H3,(H,28,29,31,32). The van der Waals surface area contributed by atoms with Crippen LogP contribution in [-0.4, -0.2) is 41.2 Å². The molecule has 8 nitrogen and oxygen atoms in total. The molecule has 8 heteroatoms. The Morgan fingerprint density at radius 3 is 2.50 bits per heavy atom. The van der Waals surface area contributed by atoms with Crippen LogP contribution in [0.2, 0.25) is 0 Å². The third kappa shape index (κ3) is 4.81. The van der Waals surface area contributed by atoms with Crippen LogP contribution < -0.4 is 0 Å². The van der Waals surface area contributed by atoms with Gasteiger partial charge in [0.1, 0.15) is 5.82 Å². The Kier molecular flexibility index (Phi) is 6.56. The zero-order valence-electron chi connectivity index (χ0n) is 19.4. The summed E-state index contributed by atoms with van der Waals surface area (Å²) in [6, 6.07) is 16.4. The number of nitrogens with zero attached hydrogens (tertiary/aromatic N) is 6. The van der Waals surface area contributed by atoms with Crippen LogP contribution in [0, 0.1) is 5.92 Å². The van der Waals surface area contributed by atoms with E-state index in [2.05, 4.69) is 61.0 Å². The van der Waals surface area contributed by atoms with E-state index in [0.29, 0.717) is 30.5 Å². The summed E-state index contributed by atoms with van der Waals surface area (Å²) in [5.74, 6) is 2.35. The molecular weight excluding hydrogens is 426 g/mol. The lowest BCUT2D eigenvalue weighted by molar-refractivity contribution is 0.0939. The third-order valence-corrected chi connectivity index (χ3v) is 6.62. The summed E-state index contributed by atoms with van der Waals surface area (Å²) in [5.41, 5.74) is 4.14. The van der Waals surface area contributed by atoms with Crippen molar-refractivity contribution >= 4 is 5.78 Å². The predicted molar refractivity (Wildman–Crippen MR) is 129 cm³/mol. The highest BCUT2D eigenvalue weighted by Crippen LogP contribution is 2.30. The van der Waals surface area contributed by atoms with Crippen molar-refractivity contribution in [3.8, 4) is 22.5 Å². The van der Waals surface area contributed by atoms with Gasteiger partial charge in [-0.3, -0.25) is 4.79 Å². The summed E-state index contributed by atoms with van der Waals surface area (Å²) in [4.78, 5) is 17.4. The van der Waals surface area contributed by atoms with E-state index in [9.17, 15) is 4.79 Å². The summed E-state index contributed by atoms with van der Waals surface area (Å²) in [6.07, 6.45) is 7.36. The van der Waals surface area contributed by atoms with Crippen molar-refractivity contribution in [3.05, 3.63) is 65.7 Å². The molecule has 1 N–H and O–H groups in total. The van der Waals surface area contributed by atoms with E-state index in [1.54, 1.807) is 0 Å². The molecule has 1 fully saturated rings. The lowest BCUT2D eigenvalue weighted by Crippen LogP contribution is -2.13. The second-order valence-corrected chi connectivity index (χ2v) is 8.97. The largest absolute Gasteiger partial charge is 0.291 e. The molecule has 0 amide bonds. The minimum atomic E-state index is 0.0776. The Morgan fingerprint density at radius 2 is 1.79 bits per heavy atom. The molecule has 2 heterocycles. The average molecular weight is 456 g/mol. The van der Waals surface area contributed by atoms with Gasteiger partial charge >= 0.3 is 0 Å². The van der Waals surface area contributed by atoms with Crippen LogP contribution in [0.15, 0.2) is 48.5 Å². The molecule has 0 unspecified atom stereocenters. The minimum absolute atomic E-state index is 0.0776. The van der Waals surface area contributed by atoms with Gasteiger partial charge in [0.2, 0.25) is 17.4 Å². The molecular formula is C26H29N7O. The molecule has 0 spiro atoms. The van der Waals surface area contributed by atoms with Crippen molar-refractivity contribution in [2.24, 2.45) is 5.92 Å². The van der Waals surface area contributed by atoms with Gasteiger partial charge < -0.3 is 0 Å². The van der Waals surface area contributed by atoms with Crippen LogP contribution in [0.4, 0.5) is 0 Å². The normalized spacial score (nSPS) is 14.4. The van der Waals surface area contributed by atoms with Gasteiger partial charge in [-0.1, -0.05) is 87.6 Å². The number of H-pyrrole nitrogens is 1. The van der Waals surface area contributed by atoms with E-state index >= 15 is 0 Å². The number of hydrogen-bond donors (Lipinski definition) is 1. The van der Waals surface area contributed by atoms with E-state index in [1.165, 1.54) is 19.3 Å². The summed E-state index contributed by atoms with van der Waals surface area (Å²) in [7, 11) is 0. The van der Waals surface area contributed by atoms with Crippen molar-refractivity contribution < 1.29 is 4.79 Å². The van der Waals surface area contributed by atoms with Gasteiger partial charge in [0.15, 0.2) is 0 Å². The van der Waals surface area contributed by atoms with Gasteiger partial charge in [-0.05, 0) is 27.8 Å². The van der Waals surface area contributed by atoms with Crippen molar-refractivity contribution in [2.45, 2.75) is 58.4 Å². The summed E-state index contributed by atoms with van der Waals surface area (Å²) in [5, 5.41) is 19.0. The maximum absolute atomic E-state index is 12.8. The van der Waals surface area contributed by atoms with Crippen LogP contribution in [0.3, 0.4) is 0 Å². The van der Waals surface area contributed by atoms with E-state index in [-0.39, 0.29) is 5.78 Å². The number of aryl methyl sites for hydroxylation is 1. The number of carbonyl (C=O) groups excluding carboxylic acids is 1. The van der Waals surface area contributed by atoms with Crippen molar-refractivity contribution in [2.75, 3.05) is 0 Å². The van der Waals surface area contributed by atoms with Crippen LogP contribution in [-0.2, 0) is 13.0 Å². The monoisotopic (exact) mass is 455 g/mol. The average Bonchev–Trinajstić information content (AvgIpc) is 3.56. The van der Waals surface area contributed by atoms with Gasteiger partial charge in [-0.25, -0.2) is 9.67 Å². The van der Waals surface area contributed by atoms with Crippen molar-refractivity contribution in [1.29, 1.82) is 0 Å². The highest BCUT2D eigenvalue weighted by Gasteiger charge is 2.22. The molecule has 2 aromatic carbocycles. The van der Waals surface area contributed by atoms with Crippen LogP contribution in [0.25, 0.3) is 22.5 Å². The smallest absolute Gasteiger partial charge is 0.217 e. The molecule has 0 atom stereocenters. The molecule has 1 aliphatic carbocycles. The lowest BCUT2D eigenvalue weighted by atomic mass is 9.86. The number of Topliss-reactive ketones (excluding diaryl/α,β-unsaturated/α-hetero) is 1. The van der Waals surface area contributed by atoms with Crippen molar-refractivity contribution in [3.63, 3.8) is 0 Å². The topological polar surface area (TPSA) is 102 Å². The van der Waals surface area contributed by atoms with E-state index in [0.717, 1.165) is 47.3 Å². The molecule has 1 saturated carbocycles. The first-order chi connectivity index (χ1) is 16.7. The molecule has 0 bridgehead atoms. The predicted octanol–water partition coefficient (Wildman–Crippen LogP) is 4.89. The van der Waals surface area contributed by atoms with E-state index < -0.39 is 0 Å². The number of rotatable bonds is 8. The Labute approximate surface area is 198 Å². The highest BCUT2D eigenvalue weighted by atomic mass is 16.1. The zero-order valence-corrected chi connectivity index (χ0v) is 19.4. The molecule has 174 valence electrons. The Hall–Kier alpha value is -3.68. The first-order valence-electron chi connectivity index (χ1n) is 12.1. The van der Waals surface area contributed by atoms with Gasteiger partial charge in [0, 0.05) is 18.4 Å². The molecule has 0 aliphatic heterocycles. The van der Waals surface area contributed by atoms with Crippen LogP contribution in [0.5, 0.6) is 0 Å². The number of hydrogen-bond acceptors (Lipinski definition) is 6. The second kappa shape index (κ2) is 10.1. The molecule has 1 aliphatic rings. The fourth-order valence-electron chi connectivity index (χ4n) is 4.79. The lowest BCUT2D eigenvalue weighted by Gasteiger charge is -2.19. The van der Waals surface area contributed by atoms with Gasteiger partial charge in [0.05, 0.1) is 6.54 Å². The summed E-state index contributed by atoms with van der Waals surface area (Å²) < 4.78 is 1.87.